The van der Waals surface area contributed by atoms with E-state index in [1.165, 1.54) is 0 Å². The van der Waals surface area contributed by atoms with Crippen LogP contribution in [0.5, 0.6) is 0 Å². The molecule has 0 spiro atoms. The number of nitriles is 1. The van der Waals surface area contributed by atoms with Gasteiger partial charge in [0.1, 0.15) is 0 Å². The zero-order chi connectivity index (χ0) is 51.4. The third-order valence-electron chi connectivity index (χ3n) is 14.4. The molecule has 0 unspecified atom stereocenters. The van der Waals surface area contributed by atoms with Crippen molar-refractivity contribution in [3.05, 3.63) is 254 Å². The number of hydrogen-bond acceptors (Lipinski definition) is 7. The number of rotatable bonds is 9. The highest BCUT2D eigenvalue weighted by molar-refractivity contribution is 6.12. The third kappa shape index (κ3) is 7.88. The molecular weight excluding hydrogens is 943 g/mol. The van der Waals surface area contributed by atoms with Crippen molar-refractivity contribution < 1.29 is 0 Å². The summed E-state index contributed by atoms with van der Waals surface area (Å²) in [5.74, 6) is 3.53. The summed E-state index contributed by atoms with van der Waals surface area (Å²) in [5.41, 5.74) is 14.9. The monoisotopic (exact) mass is 985 g/mol. The summed E-state index contributed by atoms with van der Waals surface area (Å²) in [6.45, 7) is 2.21. The topological polar surface area (TPSA) is 111 Å². The Balaban J connectivity index is 1.02. The lowest BCUT2D eigenvalue weighted by Crippen LogP contribution is -2.06. The standard InChI is InChI=1S/C68H43N9/c1-43-57(76-58-31-16-14-29-53(58)55-35-33-50(40-60(55)76)67-72-63(45-20-6-2-7-21-45)70-64(73-67)46-22-8-3-9-23-46)38-37-52(49-28-18-19-44(39-49)42-69)62(43)77-59-32-17-15-30-54(59)56-36-34-51(41-61(56)77)68-74-65(47-24-10-4-11-25-47)71-66(75-68)48-26-12-5-13-27-48/h2-41H,1H3. The molecule has 14 aromatic rings. The van der Waals surface area contributed by atoms with Gasteiger partial charge >= 0.3 is 0 Å². The van der Waals surface area contributed by atoms with Crippen LogP contribution in [0.15, 0.2) is 243 Å². The fourth-order valence-electron chi connectivity index (χ4n) is 10.8. The number of aromatic nitrogens is 8. The van der Waals surface area contributed by atoms with Crippen molar-refractivity contribution in [3.8, 4) is 96.9 Å². The Hall–Kier alpha value is -10.7. The van der Waals surface area contributed by atoms with Crippen LogP contribution in [-0.4, -0.2) is 39.0 Å². The maximum atomic E-state index is 10.3. The van der Waals surface area contributed by atoms with Crippen molar-refractivity contribution in [2.75, 3.05) is 0 Å². The molecule has 0 N–H and O–H groups in total. The van der Waals surface area contributed by atoms with E-state index in [4.69, 9.17) is 29.9 Å². The molecule has 4 aromatic heterocycles. The minimum Gasteiger partial charge on any atom is -0.309 e. The van der Waals surface area contributed by atoms with Crippen LogP contribution in [0.3, 0.4) is 0 Å². The average molecular weight is 986 g/mol. The summed E-state index contributed by atoms with van der Waals surface area (Å²) in [4.78, 5) is 30.6. The smallest absolute Gasteiger partial charge is 0.164 e. The first-order chi connectivity index (χ1) is 38.0. The molecule has 0 atom stereocenters. The van der Waals surface area contributed by atoms with E-state index in [-0.39, 0.29) is 0 Å². The van der Waals surface area contributed by atoms with E-state index in [1.807, 2.05) is 140 Å². The quantitative estimate of drug-likeness (QED) is 0.142. The van der Waals surface area contributed by atoms with Crippen LogP contribution in [0.4, 0.5) is 0 Å². The van der Waals surface area contributed by atoms with E-state index in [2.05, 4.69) is 125 Å². The number of hydrogen-bond donors (Lipinski definition) is 0. The summed E-state index contributed by atoms with van der Waals surface area (Å²) >= 11 is 0. The summed E-state index contributed by atoms with van der Waals surface area (Å²) < 4.78 is 4.76. The minimum absolute atomic E-state index is 0.565. The first-order valence-corrected chi connectivity index (χ1v) is 25.5. The number of fused-ring (bicyclic) bond motifs is 6. The maximum absolute atomic E-state index is 10.3. The molecule has 9 nitrogen and oxygen atoms in total. The van der Waals surface area contributed by atoms with E-state index < -0.39 is 0 Å². The van der Waals surface area contributed by atoms with Crippen molar-refractivity contribution in [2.24, 2.45) is 0 Å². The molecule has 360 valence electrons. The molecule has 10 aromatic carbocycles. The molecule has 0 aliphatic carbocycles. The molecule has 0 aliphatic heterocycles. The van der Waals surface area contributed by atoms with Crippen molar-refractivity contribution in [3.63, 3.8) is 0 Å². The molecule has 0 saturated carbocycles. The van der Waals surface area contributed by atoms with Crippen LogP contribution in [0, 0.1) is 18.3 Å². The summed E-state index contributed by atoms with van der Waals surface area (Å²) in [6, 6.07) is 85.2. The Morgan fingerprint density at radius 2 is 0.688 bits per heavy atom. The highest BCUT2D eigenvalue weighted by atomic mass is 15.1. The molecule has 9 heteroatoms. The van der Waals surface area contributed by atoms with Gasteiger partial charge in [-0.3, -0.25) is 0 Å². The van der Waals surface area contributed by atoms with Crippen molar-refractivity contribution in [1.29, 1.82) is 5.26 Å². The highest BCUT2D eigenvalue weighted by Gasteiger charge is 2.24. The molecule has 0 amide bonds. The van der Waals surface area contributed by atoms with Gasteiger partial charge in [0, 0.05) is 60.5 Å². The zero-order valence-corrected chi connectivity index (χ0v) is 41.6. The molecular formula is C68H43N9. The minimum atomic E-state index is 0.565. The fraction of sp³-hybridized carbons (Fsp3) is 0.0147. The van der Waals surface area contributed by atoms with Gasteiger partial charge in [0.25, 0.3) is 0 Å². The van der Waals surface area contributed by atoms with E-state index in [9.17, 15) is 5.26 Å². The Labute approximate surface area is 443 Å². The number of benzene rings is 10. The largest absolute Gasteiger partial charge is 0.309 e. The van der Waals surface area contributed by atoms with Gasteiger partial charge in [-0.1, -0.05) is 200 Å². The second-order valence-corrected chi connectivity index (χ2v) is 19.0. The molecule has 0 saturated heterocycles. The molecule has 0 fully saturated rings. The Kier molecular flexibility index (Phi) is 10.9. The van der Waals surface area contributed by atoms with Crippen LogP contribution in [0.1, 0.15) is 11.1 Å². The summed E-state index contributed by atoms with van der Waals surface area (Å²) in [5, 5.41) is 14.7. The van der Waals surface area contributed by atoms with Crippen LogP contribution in [-0.2, 0) is 0 Å². The number of para-hydroxylation sites is 2. The lowest BCUT2D eigenvalue weighted by Gasteiger charge is -2.21. The summed E-state index contributed by atoms with van der Waals surface area (Å²) in [7, 11) is 0. The van der Waals surface area contributed by atoms with Gasteiger partial charge in [-0.05, 0) is 60.5 Å². The van der Waals surface area contributed by atoms with Crippen molar-refractivity contribution in [1.82, 2.24) is 39.0 Å². The predicted molar refractivity (Wildman–Crippen MR) is 309 cm³/mol. The van der Waals surface area contributed by atoms with Gasteiger partial charge in [0.2, 0.25) is 0 Å². The lowest BCUT2D eigenvalue weighted by atomic mass is 9.97. The number of nitrogens with zero attached hydrogens (tertiary/aromatic N) is 9. The highest BCUT2D eigenvalue weighted by Crippen LogP contribution is 2.43. The maximum Gasteiger partial charge on any atom is 0.164 e. The van der Waals surface area contributed by atoms with E-state index in [0.29, 0.717) is 40.5 Å². The van der Waals surface area contributed by atoms with Crippen molar-refractivity contribution in [2.45, 2.75) is 6.92 Å². The van der Waals surface area contributed by atoms with Gasteiger partial charge < -0.3 is 9.13 Å². The van der Waals surface area contributed by atoms with Gasteiger partial charge in [-0.15, -0.1) is 0 Å². The van der Waals surface area contributed by atoms with E-state index >= 15 is 0 Å². The predicted octanol–water partition coefficient (Wildman–Crippen LogP) is 16.1. The fourth-order valence-corrected chi connectivity index (χ4v) is 10.8. The second kappa shape index (κ2) is 18.7. The molecule has 4 heterocycles. The van der Waals surface area contributed by atoms with Gasteiger partial charge in [-0.2, -0.15) is 5.26 Å². The van der Waals surface area contributed by atoms with Gasteiger partial charge in [0.05, 0.1) is 45.1 Å². The normalized spacial score (nSPS) is 11.4. The average Bonchev–Trinajstić information content (AvgIpc) is 4.17. The Morgan fingerprint density at radius 3 is 1.14 bits per heavy atom. The first-order valence-electron chi connectivity index (χ1n) is 25.5. The van der Waals surface area contributed by atoms with Crippen LogP contribution >= 0.6 is 0 Å². The Bertz CT molecular complexity index is 4520. The van der Waals surface area contributed by atoms with E-state index in [1.54, 1.807) is 0 Å². The van der Waals surface area contributed by atoms with Gasteiger partial charge in [0.15, 0.2) is 34.9 Å². The molecule has 77 heavy (non-hydrogen) atoms. The second-order valence-electron chi connectivity index (χ2n) is 19.0. The van der Waals surface area contributed by atoms with Crippen LogP contribution < -0.4 is 0 Å². The SMILES string of the molecule is Cc1c(-n2c3ccccc3c3ccc(-c4nc(-c5ccccc5)nc(-c5ccccc5)n4)cc32)ccc(-c2cccc(C#N)c2)c1-n1c2ccccc2c2ccc(-c3nc(-c4ccccc4)nc(-c4ccccc4)n3)cc21. The first kappa shape index (κ1) is 45.0. The third-order valence-corrected chi connectivity index (χ3v) is 14.4. The molecule has 14 rings (SSSR count). The van der Waals surface area contributed by atoms with Crippen LogP contribution in [0.2, 0.25) is 0 Å². The Morgan fingerprint density at radius 1 is 0.312 bits per heavy atom. The zero-order valence-electron chi connectivity index (χ0n) is 41.6. The lowest BCUT2D eigenvalue weighted by molar-refractivity contribution is 1.07. The molecule has 0 radical (unpaired) electrons. The van der Waals surface area contributed by atoms with Crippen molar-refractivity contribution >= 4 is 43.6 Å². The van der Waals surface area contributed by atoms with E-state index in [0.717, 1.165) is 105 Å². The molecule has 0 bridgehead atoms. The van der Waals surface area contributed by atoms with Crippen LogP contribution in [0.25, 0.3) is 134 Å². The summed E-state index contributed by atoms with van der Waals surface area (Å²) in [6.07, 6.45) is 0. The molecule has 0 aliphatic rings. The van der Waals surface area contributed by atoms with Gasteiger partial charge in [-0.25, -0.2) is 29.9 Å².